The number of hydrazine groups is 1. The second-order valence-corrected chi connectivity index (χ2v) is 14.1. The molecule has 250 valence electrons. The van der Waals surface area contributed by atoms with Crippen LogP contribution in [0.1, 0.15) is 82.9 Å². The molecule has 45 heavy (non-hydrogen) atoms. The Morgan fingerprint density at radius 3 is 2.04 bits per heavy atom. The number of carbonyl (C=O) groups excluding carboxylic acids is 1. The van der Waals surface area contributed by atoms with Crippen molar-refractivity contribution >= 4 is 21.9 Å². The molecule has 13 heteroatoms. The van der Waals surface area contributed by atoms with Gasteiger partial charge < -0.3 is 16.6 Å². The van der Waals surface area contributed by atoms with E-state index in [1.807, 2.05) is 13.8 Å². The van der Waals surface area contributed by atoms with Crippen LogP contribution in [-0.2, 0) is 25.8 Å². The van der Waals surface area contributed by atoms with Gasteiger partial charge in [-0.05, 0) is 66.8 Å². The fraction of sp³-hybridized carbons (Fsp3) is 0.562. The highest BCUT2D eigenvalue weighted by molar-refractivity contribution is 7.89. The highest BCUT2D eigenvalue weighted by Gasteiger charge is 2.40. The summed E-state index contributed by atoms with van der Waals surface area (Å²) in [5, 5.41) is 10.7. The minimum atomic E-state index is -4.66. The summed E-state index contributed by atoms with van der Waals surface area (Å²) in [6.07, 6.45) is -1.18. The highest BCUT2D eigenvalue weighted by Crippen LogP contribution is 2.37. The highest BCUT2D eigenvalue weighted by atomic mass is 32.2. The number of sulfonamides is 1. The fourth-order valence-corrected chi connectivity index (χ4v) is 7.14. The molecule has 1 fully saturated rings. The van der Waals surface area contributed by atoms with Crippen LogP contribution >= 0.6 is 0 Å². The lowest BCUT2D eigenvalue weighted by molar-refractivity contribution is -0.143. The molecule has 0 radical (unpaired) electrons. The summed E-state index contributed by atoms with van der Waals surface area (Å²) >= 11 is 0. The SMILES string of the molecule is CC(CC(=O)O)C(C[C@@H](c1ccccc1)N(NS(=O)(=O)c1ccc(C(F)(F)F)cc1)C(=O)C1CCCCC1)C(N)[C@@H](N)C(C)C. The largest absolute Gasteiger partial charge is 0.481 e. The van der Waals surface area contributed by atoms with Crippen LogP contribution < -0.4 is 16.3 Å². The summed E-state index contributed by atoms with van der Waals surface area (Å²) in [4.78, 5) is 28.0. The van der Waals surface area contributed by atoms with Crippen molar-refractivity contribution in [1.29, 1.82) is 0 Å². The third-order valence-corrected chi connectivity index (χ3v) is 10.2. The molecule has 3 rings (SSSR count). The number of nitrogens with two attached hydrogens (primary N) is 2. The molecular formula is C32H45F3N4O5S. The number of carbonyl (C=O) groups is 2. The van der Waals surface area contributed by atoms with Gasteiger partial charge in [-0.3, -0.25) is 14.6 Å². The number of rotatable bonds is 14. The molecular weight excluding hydrogens is 609 g/mol. The van der Waals surface area contributed by atoms with Gasteiger partial charge in [0.1, 0.15) is 0 Å². The first-order chi connectivity index (χ1) is 21.0. The first kappa shape index (κ1) is 36.5. The summed E-state index contributed by atoms with van der Waals surface area (Å²) in [6.45, 7) is 5.54. The van der Waals surface area contributed by atoms with Gasteiger partial charge in [0.25, 0.3) is 10.0 Å². The summed E-state index contributed by atoms with van der Waals surface area (Å²) in [6, 6.07) is 9.63. The average Bonchev–Trinajstić information content (AvgIpc) is 2.99. The maximum atomic E-state index is 14.2. The van der Waals surface area contributed by atoms with Crippen molar-refractivity contribution in [2.45, 2.75) is 94.9 Å². The van der Waals surface area contributed by atoms with Crippen LogP contribution in [0.5, 0.6) is 0 Å². The van der Waals surface area contributed by atoms with E-state index in [1.165, 1.54) is 0 Å². The maximum Gasteiger partial charge on any atom is 0.416 e. The Balaban J connectivity index is 2.14. The number of alkyl halides is 3. The number of amides is 1. The number of nitrogens with one attached hydrogen (secondary N) is 1. The molecule has 1 aliphatic carbocycles. The summed E-state index contributed by atoms with van der Waals surface area (Å²) in [5.41, 5.74) is 12.7. The van der Waals surface area contributed by atoms with Crippen molar-refractivity contribution in [2.24, 2.45) is 35.1 Å². The summed E-state index contributed by atoms with van der Waals surface area (Å²) in [7, 11) is -4.55. The quantitative estimate of drug-likeness (QED) is 0.197. The average molecular weight is 655 g/mol. The molecule has 0 aliphatic heterocycles. The van der Waals surface area contributed by atoms with E-state index in [2.05, 4.69) is 4.83 Å². The Hall–Kier alpha value is -3.00. The molecule has 1 saturated carbocycles. The van der Waals surface area contributed by atoms with Gasteiger partial charge in [0.15, 0.2) is 0 Å². The van der Waals surface area contributed by atoms with Gasteiger partial charge in [-0.1, -0.05) is 70.4 Å². The van der Waals surface area contributed by atoms with Crippen LogP contribution in [0.25, 0.3) is 0 Å². The number of carboxylic acids is 1. The van der Waals surface area contributed by atoms with Crippen molar-refractivity contribution in [3.8, 4) is 0 Å². The van der Waals surface area contributed by atoms with Crippen LogP contribution in [-0.4, -0.2) is 42.5 Å². The van der Waals surface area contributed by atoms with Crippen LogP contribution in [0.3, 0.4) is 0 Å². The fourth-order valence-electron chi connectivity index (χ4n) is 6.06. The Bertz CT molecular complexity index is 1370. The van der Waals surface area contributed by atoms with Crippen LogP contribution in [0.4, 0.5) is 13.2 Å². The van der Waals surface area contributed by atoms with Crippen LogP contribution in [0.2, 0.25) is 0 Å². The van der Waals surface area contributed by atoms with Crippen molar-refractivity contribution < 1.29 is 36.3 Å². The maximum absolute atomic E-state index is 14.2. The monoisotopic (exact) mass is 654 g/mol. The molecule has 2 aromatic carbocycles. The first-order valence-corrected chi connectivity index (χ1v) is 16.8. The van der Waals surface area contributed by atoms with E-state index in [1.54, 1.807) is 37.3 Å². The molecule has 5 atom stereocenters. The standard InChI is InChI=1S/C32H45F3N4O5S/c1-20(2)29(36)30(37)26(21(3)18-28(40)41)19-27(22-10-6-4-7-11-22)39(31(42)23-12-8-5-9-13-23)38-45(43,44)25-16-14-24(15-17-25)32(33,34)35/h4,6-7,10-11,14-17,20-21,23,26-27,29-30,38H,5,8-9,12-13,18-19,36-37H2,1-3H3,(H,40,41)/t21?,26?,27-,29-,30?/m0/s1. The van der Waals surface area contributed by atoms with Gasteiger partial charge in [-0.15, -0.1) is 4.83 Å². The Morgan fingerprint density at radius 1 is 0.956 bits per heavy atom. The van der Waals surface area contributed by atoms with Gasteiger partial charge in [0, 0.05) is 24.4 Å². The lowest BCUT2D eigenvalue weighted by atomic mass is 9.75. The Kier molecular flexibility index (Phi) is 12.6. The lowest BCUT2D eigenvalue weighted by Gasteiger charge is -2.41. The van der Waals surface area contributed by atoms with Crippen molar-refractivity contribution in [2.75, 3.05) is 0 Å². The zero-order valence-corrected chi connectivity index (χ0v) is 26.7. The van der Waals surface area contributed by atoms with Crippen molar-refractivity contribution in [1.82, 2.24) is 9.84 Å². The molecule has 6 N–H and O–H groups in total. The number of nitrogens with zero attached hydrogens (tertiary/aromatic N) is 1. The molecule has 2 aromatic rings. The predicted molar refractivity (Wildman–Crippen MR) is 165 cm³/mol. The van der Waals surface area contributed by atoms with Gasteiger partial charge in [-0.2, -0.15) is 13.2 Å². The number of aliphatic carboxylic acids is 1. The minimum absolute atomic E-state index is 0.0483. The topological polar surface area (TPSA) is 156 Å². The van der Waals surface area contributed by atoms with Gasteiger partial charge >= 0.3 is 12.1 Å². The van der Waals surface area contributed by atoms with E-state index < -0.39 is 74.4 Å². The van der Waals surface area contributed by atoms with Crippen molar-refractivity contribution in [3.63, 3.8) is 0 Å². The molecule has 0 saturated heterocycles. The van der Waals surface area contributed by atoms with Crippen molar-refractivity contribution in [3.05, 3.63) is 65.7 Å². The smallest absolute Gasteiger partial charge is 0.416 e. The molecule has 0 heterocycles. The second kappa shape index (κ2) is 15.5. The third kappa shape index (κ3) is 9.74. The summed E-state index contributed by atoms with van der Waals surface area (Å²) < 4.78 is 67.0. The van der Waals surface area contributed by atoms with Gasteiger partial charge in [0.2, 0.25) is 5.91 Å². The van der Waals surface area contributed by atoms with E-state index in [-0.39, 0.29) is 18.8 Å². The minimum Gasteiger partial charge on any atom is -0.481 e. The number of hydrogen-bond donors (Lipinski definition) is 4. The normalized spacial score (nSPS) is 18.2. The third-order valence-electron chi connectivity index (χ3n) is 8.83. The zero-order chi connectivity index (χ0) is 33.5. The van der Waals surface area contributed by atoms with Gasteiger partial charge in [0.05, 0.1) is 16.5 Å². The zero-order valence-electron chi connectivity index (χ0n) is 25.9. The Labute approximate surface area is 263 Å². The molecule has 3 unspecified atom stereocenters. The van der Waals surface area contributed by atoms with Crippen LogP contribution in [0.15, 0.2) is 59.5 Å². The predicted octanol–water partition coefficient (Wildman–Crippen LogP) is 5.48. The van der Waals surface area contributed by atoms with Crippen LogP contribution in [0, 0.1) is 23.7 Å². The second-order valence-electron chi connectivity index (χ2n) is 12.5. The number of halogens is 3. The van der Waals surface area contributed by atoms with E-state index in [4.69, 9.17) is 11.5 Å². The molecule has 9 nitrogen and oxygen atoms in total. The molecule has 0 aromatic heterocycles. The summed E-state index contributed by atoms with van der Waals surface area (Å²) in [5.74, 6) is -3.08. The van der Waals surface area contributed by atoms with E-state index in [0.29, 0.717) is 30.5 Å². The molecule has 1 amide bonds. The first-order valence-electron chi connectivity index (χ1n) is 15.3. The van der Waals surface area contributed by atoms with E-state index in [0.717, 1.165) is 36.4 Å². The van der Waals surface area contributed by atoms with E-state index >= 15 is 0 Å². The van der Waals surface area contributed by atoms with E-state index in [9.17, 15) is 36.3 Å². The van der Waals surface area contributed by atoms with Gasteiger partial charge in [-0.25, -0.2) is 8.42 Å². The molecule has 0 bridgehead atoms. The number of hydrogen-bond acceptors (Lipinski definition) is 6. The number of carboxylic acid groups (broad SMARTS) is 1. The Morgan fingerprint density at radius 2 is 1.53 bits per heavy atom. The lowest BCUT2D eigenvalue weighted by Crippen LogP contribution is -2.54. The molecule has 0 spiro atoms. The number of benzene rings is 2. The molecule has 1 aliphatic rings.